The molecule has 1 aromatic carbocycles. The minimum absolute atomic E-state index is 0.128. The average Bonchev–Trinajstić information content (AvgIpc) is 2.90. The second-order valence-corrected chi connectivity index (χ2v) is 7.18. The first-order chi connectivity index (χ1) is 11.1. The molecule has 0 N–H and O–H groups in total. The smallest absolute Gasteiger partial charge is 0.128 e. The van der Waals surface area contributed by atoms with E-state index in [2.05, 4.69) is 43.7 Å². The summed E-state index contributed by atoms with van der Waals surface area (Å²) in [6.07, 6.45) is 6.42. The Bertz CT molecular complexity index is 657. The lowest BCUT2D eigenvalue weighted by atomic mass is 9.83. The highest BCUT2D eigenvalue weighted by molar-refractivity contribution is 5.68. The van der Waals surface area contributed by atoms with Crippen molar-refractivity contribution in [1.29, 1.82) is 0 Å². The van der Waals surface area contributed by atoms with Crippen molar-refractivity contribution in [2.45, 2.75) is 64.8 Å². The number of fused-ring (bicyclic) bond motifs is 3. The Morgan fingerprint density at radius 2 is 2.00 bits per heavy atom. The third kappa shape index (κ3) is 3.44. The Kier molecular flexibility index (Phi) is 4.74. The molecule has 23 heavy (non-hydrogen) atoms. The van der Waals surface area contributed by atoms with Crippen molar-refractivity contribution in [3.63, 3.8) is 0 Å². The minimum atomic E-state index is 0.128. The van der Waals surface area contributed by atoms with Gasteiger partial charge in [-0.05, 0) is 24.6 Å². The van der Waals surface area contributed by atoms with Gasteiger partial charge in [-0.1, -0.05) is 58.6 Å². The Balaban J connectivity index is 1.85. The first kappa shape index (κ1) is 16.1. The van der Waals surface area contributed by atoms with Crippen molar-refractivity contribution < 1.29 is 4.74 Å². The van der Waals surface area contributed by atoms with Gasteiger partial charge in [-0.25, -0.2) is 0 Å². The van der Waals surface area contributed by atoms with E-state index in [1.807, 2.05) is 12.1 Å². The van der Waals surface area contributed by atoms with Gasteiger partial charge in [0.15, 0.2) is 0 Å². The van der Waals surface area contributed by atoms with E-state index in [0.29, 0.717) is 6.61 Å². The van der Waals surface area contributed by atoms with Crippen LogP contribution in [0.5, 0.6) is 5.75 Å². The third-order valence-corrected chi connectivity index (χ3v) is 4.85. The van der Waals surface area contributed by atoms with Crippen LogP contribution in [0.4, 0.5) is 0 Å². The largest absolute Gasteiger partial charge is 0.491 e. The predicted octanol–water partition coefficient (Wildman–Crippen LogP) is 5.19. The Morgan fingerprint density at radius 1 is 1.17 bits per heavy atom. The maximum Gasteiger partial charge on any atom is 0.128 e. The molecule has 0 atom stereocenters. The number of hydrogen-bond acceptors (Lipinski definition) is 2. The Morgan fingerprint density at radius 3 is 2.83 bits per heavy atom. The van der Waals surface area contributed by atoms with Gasteiger partial charge in [0, 0.05) is 11.0 Å². The molecular formula is C20H28N2O. The molecule has 0 bridgehead atoms. The molecule has 1 aliphatic rings. The zero-order valence-corrected chi connectivity index (χ0v) is 14.6. The molecule has 0 saturated carbocycles. The second kappa shape index (κ2) is 6.77. The summed E-state index contributed by atoms with van der Waals surface area (Å²) in [5.74, 6) is 0.971. The van der Waals surface area contributed by atoms with Gasteiger partial charge < -0.3 is 4.74 Å². The van der Waals surface area contributed by atoms with Crippen LogP contribution in [-0.2, 0) is 12.0 Å². The van der Waals surface area contributed by atoms with Crippen LogP contribution < -0.4 is 4.74 Å². The average molecular weight is 312 g/mol. The number of para-hydroxylation sites is 1. The van der Waals surface area contributed by atoms with Crippen LogP contribution in [0, 0.1) is 0 Å². The summed E-state index contributed by atoms with van der Waals surface area (Å²) in [5.41, 5.74) is 3.68. The van der Waals surface area contributed by atoms with Gasteiger partial charge in [0.2, 0.25) is 0 Å². The SMILES string of the molecule is CCCCCCC(C)(C)c1cc2n(n1)CCOc1ccccc1-2. The van der Waals surface area contributed by atoms with E-state index in [-0.39, 0.29) is 5.41 Å². The van der Waals surface area contributed by atoms with Crippen LogP contribution in [0.3, 0.4) is 0 Å². The molecule has 3 rings (SSSR count). The summed E-state index contributed by atoms with van der Waals surface area (Å²) in [7, 11) is 0. The Labute approximate surface area is 139 Å². The van der Waals surface area contributed by atoms with Crippen molar-refractivity contribution in [1.82, 2.24) is 9.78 Å². The number of unbranched alkanes of at least 4 members (excludes halogenated alkanes) is 3. The molecular weight excluding hydrogens is 284 g/mol. The third-order valence-electron chi connectivity index (χ3n) is 4.85. The van der Waals surface area contributed by atoms with Gasteiger partial charge in [0.25, 0.3) is 0 Å². The van der Waals surface area contributed by atoms with Gasteiger partial charge in [0.05, 0.1) is 17.9 Å². The van der Waals surface area contributed by atoms with Crippen molar-refractivity contribution in [3.05, 3.63) is 36.0 Å². The van der Waals surface area contributed by atoms with Gasteiger partial charge in [0.1, 0.15) is 12.4 Å². The van der Waals surface area contributed by atoms with Crippen molar-refractivity contribution in [3.8, 4) is 17.0 Å². The van der Waals surface area contributed by atoms with Gasteiger partial charge in [-0.2, -0.15) is 5.10 Å². The number of ether oxygens (including phenoxy) is 1. The fourth-order valence-corrected chi connectivity index (χ4v) is 3.30. The summed E-state index contributed by atoms with van der Waals surface area (Å²) in [5, 5.41) is 4.92. The van der Waals surface area contributed by atoms with Gasteiger partial charge >= 0.3 is 0 Å². The van der Waals surface area contributed by atoms with Gasteiger partial charge in [-0.15, -0.1) is 0 Å². The van der Waals surface area contributed by atoms with Crippen LogP contribution in [0.25, 0.3) is 11.3 Å². The molecule has 124 valence electrons. The van der Waals surface area contributed by atoms with Crippen molar-refractivity contribution in [2.24, 2.45) is 0 Å². The van der Waals surface area contributed by atoms with Crippen LogP contribution in [-0.4, -0.2) is 16.4 Å². The summed E-state index contributed by atoms with van der Waals surface area (Å²) in [4.78, 5) is 0. The summed E-state index contributed by atoms with van der Waals surface area (Å²) in [6, 6.07) is 10.6. The highest BCUT2D eigenvalue weighted by Crippen LogP contribution is 2.36. The molecule has 0 unspecified atom stereocenters. The van der Waals surface area contributed by atoms with E-state index in [9.17, 15) is 0 Å². The number of hydrogen-bond donors (Lipinski definition) is 0. The highest BCUT2D eigenvalue weighted by Gasteiger charge is 2.26. The molecule has 1 aromatic heterocycles. The maximum atomic E-state index is 5.85. The molecule has 0 spiro atoms. The van der Waals surface area contributed by atoms with Crippen LogP contribution in [0.2, 0.25) is 0 Å². The van der Waals surface area contributed by atoms with Crippen molar-refractivity contribution >= 4 is 0 Å². The monoisotopic (exact) mass is 312 g/mol. The standard InChI is InChI=1S/C20H28N2O/c1-4-5-6-9-12-20(2,3)19-15-17-16-10-7-8-11-18(16)23-14-13-22(17)21-19/h7-8,10-11,15H,4-6,9,12-14H2,1-3H3. The molecule has 2 heterocycles. The van der Waals surface area contributed by atoms with Crippen LogP contribution in [0.15, 0.2) is 30.3 Å². The minimum Gasteiger partial charge on any atom is -0.491 e. The lowest BCUT2D eigenvalue weighted by Gasteiger charge is -2.22. The zero-order valence-electron chi connectivity index (χ0n) is 14.6. The Hall–Kier alpha value is -1.77. The van der Waals surface area contributed by atoms with E-state index in [1.54, 1.807) is 0 Å². The fraction of sp³-hybridized carbons (Fsp3) is 0.550. The molecule has 0 aliphatic carbocycles. The summed E-state index contributed by atoms with van der Waals surface area (Å²) in [6.45, 7) is 8.40. The number of nitrogens with zero attached hydrogens (tertiary/aromatic N) is 2. The molecule has 3 heteroatoms. The quantitative estimate of drug-likeness (QED) is 0.686. The number of rotatable bonds is 6. The fourth-order valence-electron chi connectivity index (χ4n) is 3.30. The zero-order chi connectivity index (χ0) is 16.3. The molecule has 0 amide bonds. The topological polar surface area (TPSA) is 27.1 Å². The lowest BCUT2D eigenvalue weighted by Crippen LogP contribution is -2.19. The maximum absolute atomic E-state index is 5.85. The second-order valence-electron chi connectivity index (χ2n) is 7.18. The molecule has 3 nitrogen and oxygen atoms in total. The first-order valence-corrected chi connectivity index (χ1v) is 8.92. The molecule has 1 aliphatic heterocycles. The predicted molar refractivity (Wildman–Crippen MR) is 94.9 cm³/mol. The number of benzene rings is 1. The normalized spacial score (nSPS) is 13.9. The first-order valence-electron chi connectivity index (χ1n) is 8.92. The van der Waals surface area contributed by atoms with Crippen LogP contribution >= 0.6 is 0 Å². The van der Waals surface area contributed by atoms with Crippen molar-refractivity contribution in [2.75, 3.05) is 6.61 Å². The molecule has 0 saturated heterocycles. The summed E-state index contributed by atoms with van der Waals surface area (Å²) < 4.78 is 7.97. The van der Waals surface area contributed by atoms with E-state index < -0.39 is 0 Å². The summed E-state index contributed by atoms with van der Waals surface area (Å²) >= 11 is 0. The van der Waals surface area contributed by atoms with E-state index in [4.69, 9.17) is 9.84 Å². The van der Waals surface area contributed by atoms with E-state index >= 15 is 0 Å². The lowest BCUT2D eigenvalue weighted by molar-refractivity contribution is 0.298. The van der Waals surface area contributed by atoms with E-state index in [0.717, 1.165) is 17.9 Å². The molecule has 0 radical (unpaired) electrons. The van der Waals surface area contributed by atoms with Gasteiger partial charge in [-0.3, -0.25) is 4.68 Å². The highest BCUT2D eigenvalue weighted by atomic mass is 16.5. The number of aromatic nitrogens is 2. The molecule has 0 fully saturated rings. The van der Waals surface area contributed by atoms with Crippen LogP contribution in [0.1, 0.15) is 58.6 Å². The van der Waals surface area contributed by atoms with E-state index in [1.165, 1.54) is 43.5 Å². The molecule has 2 aromatic rings.